The number of nitrogens with one attached hydrogen (secondary N) is 1. The van der Waals surface area contributed by atoms with Crippen molar-refractivity contribution in [2.75, 3.05) is 6.61 Å². The first kappa shape index (κ1) is 14.3. The average molecular weight is 270 g/mol. The summed E-state index contributed by atoms with van der Waals surface area (Å²) in [5.74, 6) is -1.43. The Morgan fingerprint density at radius 2 is 2.16 bits per heavy atom. The molecule has 0 bridgehead atoms. The van der Waals surface area contributed by atoms with E-state index in [0.29, 0.717) is 13.0 Å². The van der Waals surface area contributed by atoms with Crippen molar-refractivity contribution < 1.29 is 19.4 Å². The van der Waals surface area contributed by atoms with Gasteiger partial charge in [-0.3, -0.25) is 4.79 Å². The van der Waals surface area contributed by atoms with Crippen LogP contribution in [-0.4, -0.2) is 41.3 Å². The average Bonchev–Trinajstić information content (AvgIpc) is 2.81. The fraction of sp³-hybridized carbons (Fsp3) is 0.846. The summed E-state index contributed by atoms with van der Waals surface area (Å²) >= 11 is 0. The molecule has 1 aliphatic heterocycles. The quantitative estimate of drug-likeness (QED) is 0.673. The topological polar surface area (TPSA) is 102 Å². The van der Waals surface area contributed by atoms with E-state index >= 15 is 0 Å². The number of carboxylic acid groups (broad SMARTS) is 1. The standard InChI is InChI=1S/C13H22N2O4/c1-4-8(10(16)17)15-11(18)13(14)7-5-6-19-9(7)12(13,2)3/h7-9H,4-6,14H2,1-3H3,(H,15,18)(H,16,17)/t7?,8-,9?,13?/m1/s1. The molecule has 0 aromatic heterocycles. The molecule has 2 rings (SSSR count). The van der Waals surface area contributed by atoms with E-state index in [1.54, 1.807) is 6.92 Å². The molecular weight excluding hydrogens is 248 g/mol. The Kier molecular flexibility index (Phi) is 3.35. The van der Waals surface area contributed by atoms with Crippen LogP contribution in [0.5, 0.6) is 0 Å². The zero-order chi connectivity index (χ0) is 14.4. The maximum Gasteiger partial charge on any atom is 0.326 e. The number of hydrogen-bond donors (Lipinski definition) is 3. The van der Waals surface area contributed by atoms with Crippen LogP contribution in [-0.2, 0) is 14.3 Å². The Morgan fingerprint density at radius 3 is 2.68 bits per heavy atom. The van der Waals surface area contributed by atoms with Crippen molar-refractivity contribution in [3.8, 4) is 0 Å². The summed E-state index contributed by atoms with van der Waals surface area (Å²) in [6.45, 7) is 6.14. The van der Waals surface area contributed by atoms with E-state index in [-0.39, 0.29) is 17.9 Å². The minimum atomic E-state index is -1.04. The summed E-state index contributed by atoms with van der Waals surface area (Å²) in [4.78, 5) is 23.4. The van der Waals surface area contributed by atoms with Gasteiger partial charge < -0.3 is 20.9 Å². The Labute approximate surface area is 112 Å². The van der Waals surface area contributed by atoms with Gasteiger partial charge in [-0.2, -0.15) is 0 Å². The highest BCUT2D eigenvalue weighted by atomic mass is 16.5. The lowest BCUT2D eigenvalue weighted by Gasteiger charge is -2.60. The minimum absolute atomic E-state index is 0.00634. The van der Waals surface area contributed by atoms with Gasteiger partial charge in [0.2, 0.25) is 5.91 Å². The highest BCUT2D eigenvalue weighted by molar-refractivity contribution is 5.92. The Hall–Kier alpha value is -1.14. The molecule has 2 aliphatic rings. The monoisotopic (exact) mass is 270 g/mol. The molecular formula is C13H22N2O4. The van der Waals surface area contributed by atoms with Gasteiger partial charge in [-0.25, -0.2) is 4.79 Å². The van der Waals surface area contributed by atoms with Gasteiger partial charge in [0.15, 0.2) is 0 Å². The molecule has 19 heavy (non-hydrogen) atoms. The van der Waals surface area contributed by atoms with Gasteiger partial charge in [-0.15, -0.1) is 0 Å². The molecule has 1 saturated carbocycles. The molecule has 0 spiro atoms. The summed E-state index contributed by atoms with van der Waals surface area (Å²) < 4.78 is 5.62. The number of fused-ring (bicyclic) bond motifs is 1. The second-order valence-corrected chi connectivity index (χ2v) is 6.05. The molecule has 108 valence electrons. The van der Waals surface area contributed by atoms with Gasteiger partial charge in [0, 0.05) is 17.9 Å². The van der Waals surface area contributed by atoms with Crippen LogP contribution < -0.4 is 11.1 Å². The Balaban J connectivity index is 2.16. The van der Waals surface area contributed by atoms with Gasteiger partial charge in [-0.05, 0) is 12.8 Å². The molecule has 2 fully saturated rings. The first-order chi connectivity index (χ1) is 8.76. The van der Waals surface area contributed by atoms with Gasteiger partial charge in [0.05, 0.1) is 6.10 Å². The van der Waals surface area contributed by atoms with Crippen molar-refractivity contribution >= 4 is 11.9 Å². The molecule has 6 nitrogen and oxygen atoms in total. The van der Waals surface area contributed by atoms with E-state index in [2.05, 4.69) is 5.32 Å². The SMILES string of the molecule is CC[C@@H](NC(=O)C1(N)C2CCOC2C1(C)C)C(=O)O. The first-order valence-electron chi connectivity index (χ1n) is 6.71. The maximum absolute atomic E-state index is 12.4. The summed E-state index contributed by atoms with van der Waals surface area (Å²) in [5, 5.41) is 11.6. The molecule has 0 aromatic rings. The zero-order valence-corrected chi connectivity index (χ0v) is 11.6. The third-order valence-electron chi connectivity index (χ3n) is 4.84. The summed E-state index contributed by atoms with van der Waals surface area (Å²) in [6.07, 6.45) is 1.08. The van der Waals surface area contributed by atoms with Crippen LogP contribution in [0.1, 0.15) is 33.6 Å². The van der Waals surface area contributed by atoms with Crippen LogP contribution in [0.3, 0.4) is 0 Å². The number of amides is 1. The van der Waals surface area contributed by atoms with Gasteiger partial charge >= 0.3 is 5.97 Å². The Morgan fingerprint density at radius 1 is 1.53 bits per heavy atom. The molecule has 0 aromatic carbocycles. The van der Waals surface area contributed by atoms with Gasteiger partial charge in [0.1, 0.15) is 11.6 Å². The normalized spacial score (nSPS) is 37.1. The van der Waals surface area contributed by atoms with Crippen molar-refractivity contribution in [1.82, 2.24) is 5.32 Å². The number of carbonyl (C=O) groups is 2. The minimum Gasteiger partial charge on any atom is -0.480 e. The fourth-order valence-electron chi connectivity index (χ4n) is 3.46. The summed E-state index contributed by atoms with van der Waals surface area (Å²) in [7, 11) is 0. The number of aliphatic carboxylic acids is 1. The van der Waals surface area contributed by atoms with Crippen LogP contribution in [0, 0.1) is 11.3 Å². The Bertz CT molecular complexity index is 409. The third kappa shape index (κ3) is 1.77. The zero-order valence-electron chi connectivity index (χ0n) is 11.6. The number of rotatable bonds is 4. The number of carboxylic acids is 1. The first-order valence-corrected chi connectivity index (χ1v) is 6.71. The fourth-order valence-corrected chi connectivity index (χ4v) is 3.46. The molecule has 1 saturated heterocycles. The molecule has 0 radical (unpaired) electrons. The smallest absolute Gasteiger partial charge is 0.326 e. The van der Waals surface area contributed by atoms with Crippen LogP contribution in [0.15, 0.2) is 0 Å². The third-order valence-corrected chi connectivity index (χ3v) is 4.84. The molecule has 1 aliphatic carbocycles. The van der Waals surface area contributed by atoms with Crippen molar-refractivity contribution in [1.29, 1.82) is 0 Å². The predicted molar refractivity (Wildman–Crippen MR) is 68.4 cm³/mol. The molecule has 3 unspecified atom stereocenters. The number of nitrogens with two attached hydrogens (primary N) is 1. The molecule has 4 atom stereocenters. The lowest BCUT2D eigenvalue weighted by molar-refractivity contribution is -0.176. The van der Waals surface area contributed by atoms with E-state index in [9.17, 15) is 9.59 Å². The van der Waals surface area contributed by atoms with Crippen LogP contribution in [0.25, 0.3) is 0 Å². The van der Waals surface area contributed by atoms with E-state index in [1.165, 1.54) is 0 Å². The highest BCUT2D eigenvalue weighted by Crippen LogP contribution is 2.58. The van der Waals surface area contributed by atoms with Crippen LogP contribution >= 0.6 is 0 Å². The summed E-state index contributed by atoms with van der Waals surface area (Å²) in [5.41, 5.74) is 4.81. The lowest BCUT2D eigenvalue weighted by atomic mass is 9.48. The van der Waals surface area contributed by atoms with Crippen molar-refractivity contribution in [3.05, 3.63) is 0 Å². The van der Waals surface area contributed by atoms with E-state index < -0.39 is 23.0 Å². The van der Waals surface area contributed by atoms with Gasteiger partial charge in [-0.1, -0.05) is 20.8 Å². The van der Waals surface area contributed by atoms with Crippen molar-refractivity contribution in [2.24, 2.45) is 17.1 Å². The van der Waals surface area contributed by atoms with Crippen LogP contribution in [0.4, 0.5) is 0 Å². The number of ether oxygens (including phenoxy) is 1. The summed E-state index contributed by atoms with van der Waals surface area (Å²) in [6, 6.07) is -0.884. The molecule has 1 heterocycles. The van der Waals surface area contributed by atoms with Crippen molar-refractivity contribution in [2.45, 2.75) is 51.3 Å². The number of hydrogen-bond acceptors (Lipinski definition) is 4. The van der Waals surface area contributed by atoms with Crippen molar-refractivity contribution in [3.63, 3.8) is 0 Å². The highest BCUT2D eigenvalue weighted by Gasteiger charge is 2.71. The molecule has 1 amide bonds. The van der Waals surface area contributed by atoms with E-state index in [1.807, 2.05) is 13.8 Å². The predicted octanol–water partition coefficient (Wildman–Crippen LogP) is 0.108. The van der Waals surface area contributed by atoms with E-state index in [4.69, 9.17) is 15.6 Å². The van der Waals surface area contributed by atoms with Gasteiger partial charge in [0.25, 0.3) is 0 Å². The van der Waals surface area contributed by atoms with Crippen LogP contribution in [0.2, 0.25) is 0 Å². The number of carbonyl (C=O) groups excluding carboxylic acids is 1. The van der Waals surface area contributed by atoms with E-state index in [0.717, 1.165) is 6.42 Å². The lowest BCUT2D eigenvalue weighted by Crippen LogP contribution is -2.80. The largest absolute Gasteiger partial charge is 0.480 e. The second kappa shape index (κ2) is 4.45. The maximum atomic E-state index is 12.4. The molecule has 6 heteroatoms. The second-order valence-electron chi connectivity index (χ2n) is 6.05. The molecule has 4 N–H and O–H groups in total.